The van der Waals surface area contributed by atoms with Gasteiger partial charge < -0.3 is 14.6 Å². The van der Waals surface area contributed by atoms with Crippen molar-refractivity contribution in [2.24, 2.45) is 0 Å². The molecule has 0 saturated heterocycles. The Morgan fingerprint density at radius 2 is 1.96 bits per heavy atom. The molecule has 1 aromatic carbocycles. The molecule has 0 unspecified atom stereocenters. The van der Waals surface area contributed by atoms with Crippen molar-refractivity contribution in [2.45, 2.75) is 6.54 Å². The van der Waals surface area contributed by atoms with Gasteiger partial charge in [0.25, 0.3) is 0 Å². The summed E-state index contributed by atoms with van der Waals surface area (Å²) in [5, 5.41) is 3.87. The average Bonchev–Trinajstić information content (AvgIpc) is 3.05. The van der Waals surface area contributed by atoms with Crippen molar-refractivity contribution in [3.8, 4) is 0 Å². The van der Waals surface area contributed by atoms with E-state index in [2.05, 4.69) is 10.1 Å². The number of pyridine rings is 1. The zero-order valence-electron chi connectivity index (χ0n) is 12.8. The van der Waals surface area contributed by atoms with E-state index in [9.17, 15) is 14.4 Å². The largest absolute Gasteiger partial charge is 0.465 e. The van der Waals surface area contributed by atoms with Gasteiger partial charge in [-0.25, -0.2) is 4.79 Å². The highest BCUT2D eigenvalue weighted by Gasteiger charge is 2.12. The van der Waals surface area contributed by atoms with Gasteiger partial charge in [0.1, 0.15) is 11.4 Å². The van der Waals surface area contributed by atoms with Crippen LogP contribution in [-0.4, -0.2) is 23.6 Å². The second-order valence-corrected chi connectivity index (χ2v) is 6.11. The molecular formula is C17H14N2O4S. The van der Waals surface area contributed by atoms with Crippen LogP contribution >= 0.6 is 11.3 Å². The summed E-state index contributed by atoms with van der Waals surface area (Å²) in [7, 11) is 1.31. The zero-order chi connectivity index (χ0) is 17.1. The predicted molar refractivity (Wildman–Crippen MR) is 92.5 cm³/mol. The number of thiophene rings is 1. The number of nitrogens with zero attached hydrogens (tertiary/aromatic N) is 1. The number of carbonyl (C=O) groups is 2. The minimum Gasteiger partial charge on any atom is -0.465 e. The third-order valence-electron chi connectivity index (χ3n) is 3.45. The van der Waals surface area contributed by atoms with Gasteiger partial charge in [0.15, 0.2) is 5.43 Å². The Hall–Kier alpha value is -2.93. The number of carbonyl (C=O) groups excluding carboxylic acids is 2. The third kappa shape index (κ3) is 3.21. The van der Waals surface area contributed by atoms with Crippen molar-refractivity contribution < 1.29 is 14.3 Å². The van der Waals surface area contributed by atoms with Crippen molar-refractivity contribution >= 4 is 39.1 Å². The van der Waals surface area contributed by atoms with Gasteiger partial charge in [0.2, 0.25) is 5.91 Å². The number of esters is 1. The molecule has 0 atom stereocenters. The van der Waals surface area contributed by atoms with Crippen LogP contribution in [-0.2, 0) is 16.1 Å². The standard InChI is InChI=1S/C17H14N2O4S/c1-23-17(22)14-6-7-16(24-14)18-15(21)10-19-9-8-13(20)11-4-2-3-5-12(11)19/h2-9H,10H2,1H3,(H,18,21). The fourth-order valence-electron chi connectivity index (χ4n) is 2.35. The molecule has 0 aliphatic rings. The van der Waals surface area contributed by atoms with Gasteiger partial charge in [-0.1, -0.05) is 12.1 Å². The fraction of sp³-hybridized carbons (Fsp3) is 0.118. The lowest BCUT2D eigenvalue weighted by molar-refractivity contribution is -0.116. The predicted octanol–water partition coefficient (Wildman–Crippen LogP) is 2.49. The fourth-order valence-corrected chi connectivity index (χ4v) is 3.19. The average molecular weight is 342 g/mol. The quantitative estimate of drug-likeness (QED) is 0.739. The number of aromatic nitrogens is 1. The normalized spacial score (nSPS) is 10.5. The molecule has 1 N–H and O–H groups in total. The molecule has 24 heavy (non-hydrogen) atoms. The van der Waals surface area contributed by atoms with Gasteiger partial charge in [-0.3, -0.25) is 9.59 Å². The molecule has 3 rings (SSSR count). The highest BCUT2D eigenvalue weighted by molar-refractivity contribution is 7.18. The summed E-state index contributed by atoms with van der Waals surface area (Å²) in [6, 6.07) is 11.8. The Morgan fingerprint density at radius 3 is 2.75 bits per heavy atom. The molecule has 7 heteroatoms. The van der Waals surface area contributed by atoms with E-state index in [0.29, 0.717) is 20.8 Å². The maximum absolute atomic E-state index is 12.2. The van der Waals surface area contributed by atoms with Crippen LogP contribution in [0.2, 0.25) is 0 Å². The lowest BCUT2D eigenvalue weighted by Crippen LogP contribution is -2.19. The summed E-state index contributed by atoms with van der Waals surface area (Å²) in [6.07, 6.45) is 1.60. The SMILES string of the molecule is COC(=O)c1ccc(NC(=O)Cn2ccc(=O)c3ccccc32)s1. The number of rotatable bonds is 4. The van der Waals surface area contributed by atoms with E-state index in [1.165, 1.54) is 13.2 Å². The second kappa shape index (κ2) is 6.67. The van der Waals surface area contributed by atoms with Crippen molar-refractivity contribution in [3.05, 3.63) is 63.8 Å². The van der Waals surface area contributed by atoms with E-state index in [0.717, 1.165) is 11.3 Å². The van der Waals surface area contributed by atoms with E-state index >= 15 is 0 Å². The molecule has 3 aromatic rings. The van der Waals surface area contributed by atoms with Crippen molar-refractivity contribution in [2.75, 3.05) is 12.4 Å². The number of amides is 1. The minimum atomic E-state index is -0.438. The molecule has 0 bridgehead atoms. The molecule has 0 aliphatic heterocycles. The summed E-state index contributed by atoms with van der Waals surface area (Å²) < 4.78 is 6.34. The van der Waals surface area contributed by atoms with Crippen LogP contribution in [0.3, 0.4) is 0 Å². The number of methoxy groups -OCH3 is 1. The van der Waals surface area contributed by atoms with Crippen LogP contribution in [0.1, 0.15) is 9.67 Å². The first-order valence-electron chi connectivity index (χ1n) is 7.14. The van der Waals surface area contributed by atoms with Gasteiger partial charge in [0.05, 0.1) is 17.6 Å². The molecule has 0 radical (unpaired) electrons. The maximum Gasteiger partial charge on any atom is 0.348 e. The number of para-hydroxylation sites is 1. The van der Waals surface area contributed by atoms with Crippen LogP contribution in [0.15, 0.2) is 53.5 Å². The summed E-state index contributed by atoms with van der Waals surface area (Å²) in [5.41, 5.74) is 0.616. The van der Waals surface area contributed by atoms with Gasteiger partial charge in [-0.15, -0.1) is 11.3 Å². The Bertz CT molecular complexity index is 974. The first-order valence-corrected chi connectivity index (χ1v) is 7.96. The number of hydrogen-bond donors (Lipinski definition) is 1. The van der Waals surface area contributed by atoms with Crippen LogP contribution in [0, 0.1) is 0 Å². The van der Waals surface area contributed by atoms with Crippen LogP contribution in [0.5, 0.6) is 0 Å². The summed E-state index contributed by atoms with van der Waals surface area (Å²) in [4.78, 5) is 35.9. The number of hydrogen-bond acceptors (Lipinski definition) is 5. The summed E-state index contributed by atoms with van der Waals surface area (Å²) in [6.45, 7) is 0.0618. The molecule has 122 valence electrons. The zero-order valence-corrected chi connectivity index (χ0v) is 13.6. The number of nitrogens with one attached hydrogen (secondary N) is 1. The molecule has 0 spiro atoms. The minimum absolute atomic E-state index is 0.0618. The number of fused-ring (bicyclic) bond motifs is 1. The first kappa shape index (κ1) is 15.9. The molecule has 2 aromatic heterocycles. The van der Waals surface area contributed by atoms with Gasteiger partial charge in [-0.2, -0.15) is 0 Å². The highest BCUT2D eigenvalue weighted by Crippen LogP contribution is 2.22. The molecule has 0 fully saturated rings. The van der Waals surface area contributed by atoms with E-state index in [1.807, 2.05) is 6.07 Å². The maximum atomic E-state index is 12.2. The summed E-state index contributed by atoms with van der Waals surface area (Å²) in [5.74, 6) is -0.686. The molecule has 6 nitrogen and oxygen atoms in total. The van der Waals surface area contributed by atoms with Gasteiger partial charge in [-0.05, 0) is 24.3 Å². The lowest BCUT2D eigenvalue weighted by Gasteiger charge is -2.10. The van der Waals surface area contributed by atoms with Crippen LogP contribution in [0.25, 0.3) is 10.9 Å². The van der Waals surface area contributed by atoms with E-state index in [-0.39, 0.29) is 17.9 Å². The van der Waals surface area contributed by atoms with Crippen LogP contribution < -0.4 is 10.7 Å². The van der Waals surface area contributed by atoms with E-state index < -0.39 is 5.97 Å². The van der Waals surface area contributed by atoms with Gasteiger partial charge in [0, 0.05) is 17.6 Å². The molecular weight excluding hydrogens is 328 g/mol. The number of ether oxygens (including phenoxy) is 1. The highest BCUT2D eigenvalue weighted by atomic mass is 32.1. The lowest BCUT2D eigenvalue weighted by atomic mass is 10.2. The van der Waals surface area contributed by atoms with E-state index in [1.54, 1.807) is 41.1 Å². The van der Waals surface area contributed by atoms with Crippen molar-refractivity contribution in [1.82, 2.24) is 4.57 Å². The van der Waals surface area contributed by atoms with Crippen molar-refractivity contribution in [1.29, 1.82) is 0 Å². The number of benzene rings is 1. The smallest absolute Gasteiger partial charge is 0.348 e. The van der Waals surface area contributed by atoms with E-state index in [4.69, 9.17) is 0 Å². The topological polar surface area (TPSA) is 77.4 Å². The number of anilines is 1. The monoisotopic (exact) mass is 342 g/mol. The molecule has 1 amide bonds. The van der Waals surface area contributed by atoms with Crippen molar-refractivity contribution in [3.63, 3.8) is 0 Å². The Labute approximate surface area is 141 Å². The Morgan fingerprint density at radius 1 is 1.17 bits per heavy atom. The second-order valence-electron chi connectivity index (χ2n) is 5.03. The molecule has 0 saturated carbocycles. The third-order valence-corrected chi connectivity index (χ3v) is 4.43. The van der Waals surface area contributed by atoms with Crippen LogP contribution in [0.4, 0.5) is 5.00 Å². The molecule has 2 heterocycles. The Kier molecular flexibility index (Phi) is 4.43. The molecule has 0 aliphatic carbocycles. The summed E-state index contributed by atoms with van der Waals surface area (Å²) >= 11 is 1.14. The Balaban J connectivity index is 1.78. The first-order chi connectivity index (χ1) is 11.6. The van der Waals surface area contributed by atoms with Gasteiger partial charge >= 0.3 is 5.97 Å².